The van der Waals surface area contributed by atoms with Crippen LogP contribution >= 0.6 is 0 Å². The van der Waals surface area contributed by atoms with Gasteiger partial charge in [-0.2, -0.15) is 0 Å². The molecule has 0 aromatic heterocycles. The molecule has 0 saturated carbocycles. The second-order valence-corrected chi connectivity index (χ2v) is 7.72. The van der Waals surface area contributed by atoms with E-state index >= 15 is 0 Å². The second-order valence-electron chi connectivity index (χ2n) is 7.72. The Balaban J connectivity index is 3.92. The van der Waals surface area contributed by atoms with Crippen LogP contribution in [0, 0.1) is 5.41 Å². The minimum absolute atomic E-state index is 0.0350. The number of rotatable bonds is 9. The summed E-state index contributed by atoms with van der Waals surface area (Å²) in [6.45, 7) is 13.0. The fourth-order valence-electron chi connectivity index (χ4n) is 2.80. The van der Waals surface area contributed by atoms with E-state index in [1.807, 2.05) is 6.08 Å². The predicted molar refractivity (Wildman–Crippen MR) is 88.8 cm³/mol. The summed E-state index contributed by atoms with van der Waals surface area (Å²) in [5.41, 5.74) is 0.0700. The molecule has 0 bridgehead atoms. The minimum Gasteiger partial charge on any atom is -0.348 e. The molecule has 1 amide bonds. The van der Waals surface area contributed by atoms with Crippen LogP contribution in [0.15, 0.2) is 12.2 Å². The van der Waals surface area contributed by atoms with Crippen molar-refractivity contribution in [1.29, 1.82) is 0 Å². The Hall–Kier alpha value is -0.790. The Kier molecular flexibility index (Phi) is 8.84. The summed E-state index contributed by atoms with van der Waals surface area (Å²) in [5, 5.41) is 3.10. The van der Waals surface area contributed by atoms with Gasteiger partial charge < -0.3 is 5.32 Å². The monoisotopic (exact) mass is 281 g/mol. The van der Waals surface area contributed by atoms with Gasteiger partial charge in [-0.15, -0.1) is 0 Å². The van der Waals surface area contributed by atoms with Gasteiger partial charge in [0.2, 0.25) is 5.91 Å². The molecule has 0 rings (SSSR count). The van der Waals surface area contributed by atoms with E-state index in [1.54, 1.807) is 6.08 Å². The first-order valence-corrected chi connectivity index (χ1v) is 8.15. The first-order chi connectivity index (χ1) is 9.16. The van der Waals surface area contributed by atoms with E-state index in [1.165, 1.54) is 32.1 Å². The average Bonchev–Trinajstić information content (AvgIpc) is 2.23. The van der Waals surface area contributed by atoms with Crippen molar-refractivity contribution in [3.8, 4) is 0 Å². The summed E-state index contributed by atoms with van der Waals surface area (Å²) in [4.78, 5) is 11.9. The summed E-state index contributed by atoms with van der Waals surface area (Å²) in [5.74, 6) is 0.0350. The summed E-state index contributed by atoms with van der Waals surface area (Å²) in [7, 11) is 0. The van der Waals surface area contributed by atoms with Gasteiger partial charge in [-0.05, 0) is 44.6 Å². The van der Waals surface area contributed by atoms with Crippen LogP contribution in [-0.2, 0) is 4.79 Å². The van der Waals surface area contributed by atoms with Gasteiger partial charge in [-0.1, -0.05) is 59.5 Å². The van der Waals surface area contributed by atoms with Crippen LogP contribution in [0.25, 0.3) is 0 Å². The third kappa shape index (κ3) is 12.3. The van der Waals surface area contributed by atoms with Crippen LogP contribution in [0.3, 0.4) is 0 Å². The highest BCUT2D eigenvalue weighted by Gasteiger charge is 2.26. The highest BCUT2D eigenvalue weighted by atomic mass is 16.1. The number of hydrogen-bond acceptors (Lipinski definition) is 1. The first-order valence-electron chi connectivity index (χ1n) is 8.15. The van der Waals surface area contributed by atoms with Gasteiger partial charge in [0, 0.05) is 5.54 Å². The molecular weight excluding hydrogens is 246 g/mol. The van der Waals surface area contributed by atoms with E-state index in [4.69, 9.17) is 0 Å². The van der Waals surface area contributed by atoms with Crippen LogP contribution in [-0.4, -0.2) is 11.4 Å². The van der Waals surface area contributed by atoms with Crippen molar-refractivity contribution in [2.24, 2.45) is 5.41 Å². The van der Waals surface area contributed by atoms with Gasteiger partial charge in [0.25, 0.3) is 0 Å². The maximum Gasteiger partial charge on any atom is 0.244 e. The fourth-order valence-corrected chi connectivity index (χ4v) is 2.80. The SMILES string of the molecule is CCCCCCC/C=C/C(=O)NC(C)(C)CC(C)(C)C. The second kappa shape index (κ2) is 9.20. The van der Waals surface area contributed by atoms with Crippen LogP contribution in [0.5, 0.6) is 0 Å². The van der Waals surface area contributed by atoms with Crippen LogP contribution < -0.4 is 5.32 Å². The quantitative estimate of drug-likeness (QED) is 0.455. The molecular formula is C18H35NO. The number of amides is 1. The van der Waals surface area contributed by atoms with E-state index in [0.29, 0.717) is 0 Å². The Morgan fingerprint density at radius 1 is 1.00 bits per heavy atom. The lowest BCUT2D eigenvalue weighted by Gasteiger charge is -2.32. The zero-order valence-corrected chi connectivity index (χ0v) is 14.5. The van der Waals surface area contributed by atoms with Gasteiger partial charge >= 0.3 is 0 Å². The van der Waals surface area contributed by atoms with Crippen molar-refractivity contribution in [1.82, 2.24) is 5.32 Å². The van der Waals surface area contributed by atoms with Gasteiger partial charge in [-0.25, -0.2) is 0 Å². The Morgan fingerprint density at radius 3 is 2.15 bits per heavy atom. The molecule has 2 heteroatoms. The number of nitrogens with one attached hydrogen (secondary N) is 1. The molecule has 1 N–H and O–H groups in total. The molecule has 0 aromatic carbocycles. The maximum atomic E-state index is 11.9. The van der Waals surface area contributed by atoms with E-state index in [9.17, 15) is 4.79 Å². The zero-order valence-electron chi connectivity index (χ0n) is 14.5. The molecule has 0 spiro atoms. The predicted octanol–water partition coefficient (Wildman–Crippen LogP) is 5.23. The van der Waals surface area contributed by atoms with Gasteiger partial charge in [0.05, 0.1) is 0 Å². The van der Waals surface area contributed by atoms with Crippen molar-refractivity contribution in [2.75, 3.05) is 0 Å². The molecule has 0 fully saturated rings. The smallest absolute Gasteiger partial charge is 0.244 e. The van der Waals surface area contributed by atoms with Gasteiger partial charge in [0.15, 0.2) is 0 Å². The average molecular weight is 281 g/mol. The highest BCUT2D eigenvalue weighted by Crippen LogP contribution is 2.26. The molecule has 0 aliphatic carbocycles. The van der Waals surface area contributed by atoms with Crippen LogP contribution in [0.1, 0.15) is 86.5 Å². The standard InChI is InChI=1S/C18H35NO/c1-7-8-9-10-11-12-13-14-16(20)19-18(5,6)15-17(2,3)4/h13-14H,7-12,15H2,1-6H3,(H,19,20)/b14-13+. The summed E-state index contributed by atoms with van der Waals surface area (Å²) in [6.07, 6.45) is 12.1. The Labute approximate surface area is 126 Å². The van der Waals surface area contributed by atoms with E-state index < -0.39 is 0 Å². The highest BCUT2D eigenvalue weighted by molar-refractivity contribution is 5.87. The molecule has 0 unspecified atom stereocenters. The molecule has 0 saturated heterocycles. The largest absolute Gasteiger partial charge is 0.348 e. The molecule has 118 valence electrons. The topological polar surface area (TPSA) is 29.1 Å². The molecule has 20 heavy (non-hydrogen) atoms. The van der Waals surface area contributed by atoms with Crippen molar-refractivity contribution in [2.45, 2.75) is 92.0 Å². The van der Waals surface area contributed by atoms with Gasteiger partial charge in [-0.3, -0.25) is 4.79 Å². The fraction of sp³-hybridized carbons (Fsp3) is 0.833. The van der Waals surface area contributed by atoms with Crippen molar-refractivity contribution in [3.63, 3.8) is 0 Å². The van der Waals surface area contributed by atoms with Crippen molar-refractivity contribution >= 4 is 5.91 Å². The number of carbonyl (C=O) groups is 1. The molecule has 0 heterocycles. The molecule has 0 aliphatic rings. The normalized spacial score (nSPS) is 12.9. The number of unbranched alkanes of at least 4 members (excludes halogenated alkanes) is 5. The number of allylic oxidation sites excluding steroid dienone is 1. The lowest BCUT2D eigenvalue weighted by atomic mass is 9.82. The zero-order chi connectivity index (χ0) is 15.6. The summed E-state index contributed by atoms with van der Waals surface area (Å²) in [6, 6.07) is 0. The third-order valence-corrected chi connectivity index (χ3v) is 3.18. The maximum absolute atomic E-state index is 11.9. The first kappa shape index (κ1) is 19.2. The number of hydrogen-bond donors (Lipinski definition) is 1. The molecule has 0 aromatic rings. The Bertz CT molecular complexity index is 297. The lowest BCUT2D eigenvalue weighted by molar-refractivity contribution is -0.118. The van der Waals surface area contributed by atoms with Crippen molar-refractivity contribution in [3.05, 3.63) is 12.2 Å². The van der Waals surface area contributed by atoms with Crippen LogP contribution in [0.2, 0.25) is 0 Å². The lowest BCUT2D eigenvalue weighted by Crippen LogP contribution is -2.45. The van der Waals surface area contributed by atoms with E-state index in [2.05, 4.69) is 46.9 Å². The van der Waals surface area contributed by atoms with E-state index in [0.717, 1.165) is 12.8 Å². The van der Waals surface area contributed by atoms with E-state index in [-0.39, 0.29) is 16.9 Å². The molecule has 0 radical (unpaired) electrons. The van der Waals surface area contributed by atoms with Crippen molar-refractivity contribution < 1.29 is 4.79 Å². The van der Waals surface area contributed by atoms with Crippen LogP contribution in [0.4, 0.5) is 0 Å². The Morgan fingerprint density at radius 2 is 1.60 bits per heavy atom. The number of carbonyl (C=O) groups excluding carboxylic acids is 1. The third-order valence-electron chi connectivity index (χ3n) is 3.18. The summed E-state index contributed by atoms with van der Waals surface area (Å²) >= 11 is 0. The molecule has 0 aliphatic heterocycles. The molecule has 2 nitrogen and oxygen atoms in total. The minimum atomic E-state index is -0.152. The summed E-state index contributed by atoms with van der Waals surface area (Å²) < 4.78 is 0. The van der Waals surface area contributed by atoms with Gasteiger partial charge in [0.1, 0.15) is 0 Å². The molecule has 0 atom stereocenters.